The van der Waals surface area contributed by atoms with Gasteiger partial charge in [-0.05, 0) is 23.6 Å². The molecular formula is C27H34N2O8. The van der Waals surface area contributed by atoms with Gasteiger partial charge in [0, 0.05) is 17.7 Å². The summed E-state index contributed by atoms with van der Waals surface area (Å²) in [6.45, 7) is 1.90. The van der Waals surface area contributed by atoms with Gasteiger partial charge in [0.2, 0.25) is 12.2 Å². The molecule has 1 saturated heterocycles. The van der Waals surface area contributed by atoms with Gasteiger partial charge in [-0.25, -0.2) is 0 Å². The molecular weight excluding hydrogens is 480 g/mol. The molecule has 37 heavy (non-hydrogen) atoms. The maximum Gasteiger partial charge on any atom is 0.239 e. The second-order valence-electron chi connectivity index (χ2n) is 8.90. The lowest BCUT2D eigenvalue weighted by atomic mass is 9.99. The fourth-order valence-electron chi connectivity index (χ4n) is 4.45. The highest BCUT2D eigenvalue weighted by Crippen LogP contribution is 2.32. The third-order valence-electron chi connectivity index (χ3n) is 6.43. The highest BCUT2D eigenvalue weighted by atomic mass is 16.7. The fourth-order valence-corrected chi connectivity index (χ4v) is 4.45. The van der Waals surface area contributed by atoms with Gasteiger partial charge >= 0.3 is 0 Å². The van der Waals surface area contributed by atoms with Gasteiger partial charge in [-0.3, -0.25) is 4.68 Å². The number of aliphatic hydroxyl groups is 5. The Hall–Kier alpha value is -2.99. The van der Waals surface area contributed by atoms with Crippen molar-refractivity contribution in [1.29, 1.82) is 0 Å². The molecule has 0 spiro atoms. The maximum absolute atomic E-state index is 10.5. The van der Waals surface area contributed by atoms with Crippen LogP contribution in [0.4, 0.5) is 0 Å². The Labute approximate surface area is 215 Å². The minimum Gasteiger partial charge on any atom is -0.489 e. The number of hydrogen-bond acceptors (Lipinski definition) is 9. The molecule has 1 aliphatic rings. The Morgan fingerprint density at radius 3 is 2.38 bits per heavy atom. The van der Waals surface area contributed by atoms with Crippen molar-refractivity contribution in [2.24, 2.45) is 0 Å². The lowest BCUT2D eigenvalue weighted by molar-refractivity contribution is -0.278. The van der Waals surface area contributed by atoms with E-state index >= 15 is 0 Å². The van der Waals surface area contributed by atoms with Gasteiger partial charge in [-0.2, -0.15) is 0 Å². The highest BCUT2D eigenvalue weighted by molar-refractivity contribution is 5.42. The lowest BCUT2D eigenvalue weighted by Crippen LogP contribution is -2.60. The van der Waals surface area contributed by atoms with Crippen LogP contribution in [0.5, 0.6) is 11.6 Å². The first kappa shape index (κ1) is 27.1. The van der Waals surface area contributed by atoms with Gasteiger partial charge in [-0.15, -0.1) is 5.10 Å². The number of ether oxygens (including phenoxy) is 3. The molecule has 0 amide bonds. The number of para-hydroxylation sites is 1. The summed E-state index contributed by atoms with van der Waals surface area (Å²) in [5, 5.41) is 54.4. The van der Waals surface area contributed by atoms with Crippen molar-refractivity contribution in [3.05, 3.63) is 77.0 Å². The van der Waals surface area contributed by atoms with E-state index in [0.717, 1.165) is 16.8 Å². The van der Waals surface area contributed by atoms with Crippen molar-refractivity contribution in [2.45, 2.75) is 63.6 Å². The maximum atomic E-state index is 10.5. The van der Waals surface area contributed by atoms with Crippen LogP contribution in [-0.2, 0) is 30.7 Å². The van der Waals surface area contributed by atoms with E-state index in [1.165, 1.54) is 0 Å². The van der Waals surface area contributed by atoms with Crippen LogP contribution in [-0.4, -0.2) is 79.2 Å². The molecule has 0 unspecified atom stereocenters. The molecule has 2 heterocycles. The summed E-state index contributed by atoms with van der Waals surface area (Å²) in [4.78, 5) is 0. The smallest absolute Gasteiger partial charge is 0.239 e. The van der Waals surface area contributed by atoms with Crippen molar-refractivity contribution >= 4 is 0 Å². The molecule has 5 atom stereocenters. The number of hydrogen-bond donors (Lipinski definition) is 5. The first-order valence-corrected chi connectivity index (χ1v) is 12.4. The molecule has 0 radical (unpaired) electrons. The highest BCUT2D eigenvalue weighted by Gasteiger charge is 2.45. The van der Waals surface area contributed by atoms with Crippen molar-refractivity contribution in [2.75, 3.05) is 13.2 Å². The van der Waals surface area contributed by atoms with E-state index in [-0.39, 0.29) is 19.0 Å². The van der Waals surface area contributed by atoms with Crippen LogP contribution >= 0.6 is 0 Å². The van der Waals surface area contributed by atoms with Crippen molar-refractivity contribution in [1.82, 2.24) is 9.78 Å². The quantitative estimate of drug-likeness (QED) is 0.251. The molecule has 1 fully saturated rings. The molecule has 4 rings (SSSR count). The van der Waals surface area contributed by atoms with E-state index in [0.29, 0.717) is 30.8 Å². The SMILES string of the molecule is CCc1c(Cc2ccccc2OCc2ccccc2)c(O[C@@H]2O[C@H](CO)[C@@H](O)[C@H](O)[C@H]2O)nn1CCO. The van der Waals surface area contributed by atoms with Crippen LogP contribution in [0, 0.1) is 0 Å². The average Bonchev–Trinajstić information content (AvgIpc) is 3.24. The number of rotatable bonds is 11. The van der Waals surface area contributed by atoms with Crippen LogP contribution in [0.1, 0.15) is 29.3 Å². The van der Waals surface area contributed by atoms with Gasteiger partial charge in [0.15, 0.2) is 0 Å². The Kier molecular flexibility index (Phi) is 9.14. The van der Waals surface area contributed by atoms with E-state index in [4.69, 9.17) is 14.2 Å². The van der Waals surface area contributed by atoms with E-state index in [2.05, 4.69) is 5.10 Å². The molecule has 1 aromatic heterocycles. The second-order valence-corrected chi connectivity index (χ2v) is 8.90. The number of nitrogens with zero attached hydrogens (tertiary/aromatic N) is 2. The summed E-state index contributed by atoms with van der Waals surface area (Å²) >= 11 is 0. The molecule has 200 valence electrons. The predicted molar refractivity (Wildman–Crippen MR) is 133 cm³/mol. The molecule has 3 aromatic rings. The van der Waals surface area contributed by atoms with Crippen molar-refractivity contribution < 1.29 is 39.7 Å². The first-order valence-electron chi connectivity index (χ1n) is 12.4. The summed E-state index contributed by atoms with van der Waals surface area (Å²) < 4.78 is 19.3. The third-order valence-corrected chi connectivity index (χ3v) is 6.43. The fraction of sp³-hybridized carbons (Fsp3) is 0.444. The van der Waals surface area contributed by atoms with E-state index in [1.807, 2.05) is 61.5 Å². The van der Waals surface area contributed by atoms with Crippen molar-refractivity contribution in [3.8, 4) is 11.6 Å². The number of aromatic nitrogens is 2. The summed E-state index contributed by atoms with van der Waals surface area (Å²) in [6, 6.07) is 17.5. The monoisotopic (exact) mass is 514 g/mol. The third kappa shape index (κ3) is 6.12. The van der Waals surface area contributed by atoms with Gasteiger partial charge in [-0.1, -0.05) is 55.5 Å². The zero-order chi connectivity index (χ0) is 26.4. The summed E-state index contributed by atoms with van der Waals surface area (Å²) in [5.74, 6) is 0.856. The first-order chi connectivity index (χ1) is 18.0. The standard InChI is InChI=1S/C27H34N2O8/c1-2-20-19(14-18-10-6-7-11-21(18)35-16-17-8-4-3-5-9-17)26(28-29(20)12-13-30)37-27-25(34)24(33)23(32)22(15-31)36-27/h3-11,22-25,27,30-34H,2,12-16H2,1H3/t22-,23-,24+,25-,27+/m1/s1. The van der Waals surface area contributed by atoms with Gasteiger partial charge < -0.3 is 39.7 Å². The molecule has 0 aliphatic carbocycles. The molecule has 0 saturated carbocycles. The zero-order valence-corrected chi connectivity index (χ0v) is 20.7. The molecule has 10 heteroatoms. The van der Waals surface area contributed by atoms with Gasteiger partial charge in [0.1, 0.15) is 36.8 Å². The topological polar surface area (TPSA) is 147 Å². The van der Waals surface area contributed by atoms with Crippen LogP contribution in [0.2, 0.25) is 0 Å². The van der Waals surface area contributed by atoms with E-state index in [9.17, 15) is 25.5 Å². The summed E-state index contributed by atoms with van der Waals surface area (Å²) in [6.07, 6.45) is -6.15. The van der Waals surface area contributed by atoms with Crippen LogP contribution in [0.15, 0.2) is 54.6 Å². The normalized spacial score (nSPS) is 23.7. The van der Waals surface area contributed by atoms with E-state index in [1.54, 1.807) is 4.68 Å². The largest absolute Gasteiger partial charge is 0.489 e. The Bertz CT molecular complexity index is 1140. The minimum atomic E-state index is -1.57. The number of benzene rings is 2. The van der Waals surface area contributed by atoms with Gasteiger partial charge in [0.05, 0.1) is 19.8 Å². The molecule has 0 bridgehead atoms. The number of aliphatic hydroxyl groups excluding tert-OH is 5. The minimum absolute atomic E-state index is 0.135. The second kappa shape index (κ2) is 12.5. The van der Waals surface area contributed by atoms with Crippen LogP contribution < -0.4 is 9.47 Å². The van der Waals surface area contributed by atoms with Gasteiger partial charge in [0.25, 0.3) is 0 Å². The molecule has 1 aliphatic heterocycles. The predicted octanol–water partition coefficient (Wildman–Crippen LogP) is 0.786. The lowest BCUT2D eigenvalue weighted by Gasteiger charge is -2.39. The summed E-state index contributed by atoms with van der Waals surface area (Å²) in [5.41, 5.74) is 3.46. The Morgan fingerprint density at radius 1 is 0.946 bits per heavy atom. The molecule has 10 nitrogen and oxygen atoms in total. The molecule has 2 aromatic carbocycles. The molecule has 5 N–H and O–H groups in total. The Balaban J connectivity index is 1.63. The van der Waals surface area contributed by atoms with Crippen molar-refractivity contribution in [3.63, 3.8) is 0 Å². The van der Waals surface area contributed by atoms with Crippen LogP contribution in [0.25, 0.3) is 0 Å². The van der Waals surface area contributed by atoms with Crippen LogP contribution in [0.3, 0.4) is 0 Å². The Morgan fingerprint density at radius 2 is 1.68 bits per heavy atom. The average molecular weight is 515 g/mol. The zero-order valence-electron chi connectivity index (χ0n) is 20.7. The summed E-state index contributed by atoms with van der Waals surface area (Å²) in [7, 11) is 0. The van der Waals surface area contributed by atoms with E-state index < -0.39 is 37.3 Å².